The second-order valence-electron chi connectivity index (χ2n) is 2.21. The molecule has 0 bridgehead atoms. The van der Waals surface area contributed by atoms with Crippen LogP contribution in [0.3, 0.4) is 0 Å². The van der Waals surface area contributed by atoms with Crippen LogP contribution in [0.1, 0.15) is 17.7 Å². The van der Waals surface area contributed by atoms with Gasteiger partial charge in [-0.15, -0.1) is 0 Å². The maximum absolute atomic E-state index is 12.5. The Hall–Kier alpha value is 0.450. The summed E-state index contributed by atoms with van der Waals surface area (Å²) in [4.78, 5) is 3.88. The molecule has 1 rings (SSSR count). The predicted octanol–water partition coefficient (Wildman–Crippen LogP) is 4.44. The highest BCUT2D eigenvalue weighted by atomic mass is 79.9. The van der Waals surface area contributed by atoms with Crippen LogP contribution < -0.4 is 0 Å². The minimum Gasteiger partial charge on any atom is -0.259 e. The van der Waals surface area contributed by atoms with Gasteiger partial charge in [0.1, 0.15) is 0 Å². The molecule has 0 spiro atoms. The van der Waals surface area contributed by atoms with E-state index >= 15 is 0 Å². The monoisotopic (exact) mass is 377 g/mol. The third-order valence-corrected chi connectivity index (χ3v) is 3.95. The van der Waals surface area contributed by atoms with Crippen molar-refractivity contribution in [3.8, 4) is 0 Å². The van der Waals surface area contributed by atoms with Gasteiger partial charge in [-0.3, -0.25) is 4.98 Å². The van der Waals surface area contributed by atoms with E-state index in [1.807, 2.05) is 0 Å². The molecule has 13 heavy (non-hydrogen) atoms. The minimum absolute atomic E-state index is 0.0637. The lowest BCUT2D eigenvalue weighted by molar-refractivity contribution is 0.149. The van der Waals surface area contributed by atoms with Gasteiger partial charge in [-0.2, -0.15) is 0 Å². The van der Waals surface area contributed by atoms with Crippen molar-refractivity contribution in [3.05, 3.63) is 26.4 Å². The van der Waals surface area contributed by atoms with Crippen molar-refractivity contribution in [3.63, 3.8) is 0 Å². The van der Waals surface area contributed by atoms with E-state index in [2.05, 4.69) is 52.8 Å². The Labute approximate surface area is 99.3 Å². The third kappa shape index (κ3) is 2.47. The van der Waals surface area contributed by atoms with E-state index < -0.39 is 6.43 Å². The van der Waals surface area contributed by atoms with Crippen LogP contribution >= 0.6 is 47.8 Å². The first-order valence-electron chi connectivity index (χ1n) is 3.24. The number of nitrogens with zero attached hydrogens (tertiary/aromatic N) is 1. The van der Waals surface area contributed by atoms with Gasteiger partial charge >= 0.3 is 0 Å². The largest absolute Gasteiger partial charge is 0.266 e. The summed E-state index contributed by atoms with van der Waals surface area (Å²) in [6.45, 7) is 0. The molecule has 0 fully saturated rings. The molecule has 0 atom stereocenters. The summed E-state index contributed by atoms with van der Waals surface area (Å²) in [5.74, 6) is 0. The minimum atomic E-state index is -2.52. The summed E-state index contributed by atoms with van der Waals surface area (Å²) < 4.78 is 26.0. The van der Waals surface area contributed by atoms with E-state index in [1.165, 1.54) is 6.20 Å². The number of rotatable bonds is 2. The molecule has 1 heterocycles. The molecule has 0 unspecified atom stereocenters. The quantitative estimate of drug-likeness (QED) is 0.692. The van der Waals surface area contributed by atoms with Crippen LogP contribution in [0.2, 0.25) is 0 Å². The van der Waals surface area contributed by atoms with Crippen molar-refractivity contribution in [2.45, 2.75) is 11.8 Å². The Morgan fingerprint density at radius 1 is 1.38 bits per heavy atom. The second-order valence-corrected chi connectivity index (χ2v) is 4.42. The lowest BCUT2D eigenvalue weighted by Crippen LogP contribution is -1.97. The molecule has 0 amide bonds. The molecule has 0 radical (unpaired) electrons. The van der Waals surface area contributed by atoms with Gasteiger partial charge in [-0.1, -0.05) is 15.9 Å². The van der Waals surface area contributed by atoms with Crippen LogP contribution in [0.25, 0.3) is 0 Å². The fourth-order valence-corrected chi connectivity index (χ4v) is 2.11. The maximum Gasteiger partial charge on any atom is 0.266 e. The summed E-state index contributed by atoms with van der Waals surface area (Å²) >= 11 is 9.31. The fourth-order valence-electron chi connectivity index (χ4n) is 0.844. The van der Waals surface area contributed by atoms with Crippen LogP contribution in [0, 0.1) is 0 Å². The second kappa shape index (κ2) is 4.79. The summed E-state index contributed by atoms with van der Waals surface area (Å²) in [6, 6.07) is 0. The highest BCUT2D eigenvalue weighted by Gasteiger charge is 2.19. The first-order valence-corrected chi connectivity index (χ1v) is 5.95. The van der Waals surface area contributed by atoms with Gasteiger partial charge in [0.25, 0.3) is 6.43 Å². The molecule has 0 saturated carbocycles. The van der Waals surface area contributed by atoms with E-state index in [-0.39, 0.29) is 5.56 Å². The Morgan fingerprint density at radius 2 is 2.00 bits per heavy atom. The lowest BCUT2D eigenvalue weighted by Gasteiger charge is -2.08. The Kier molecular flexibility index (Phi) is 4.25. The van der Waals surface area contributed by atoms with E-state index in [1.54, 1.807) is 0 Å². The zero-order valence-corrected chi connectivity index (χ0v) is 11.0. The highest BCUT2D eigenvalue weighted by Crippen LogP contribution is 2.35. The van der Waals surface area contributed by atoms with E-state index in [0.717, 1.165) is 0 Å². The number of pyridine rings is 1. The van der Waals surface area contributed by atoms with Gasteiger partial charge in [-0.25, -0.2) is 8.78 Å². The molecular weight excluding hydrogens is 376 g/mol. The fraction of sp³-hybridized carbons (Fsp3) is 0.286. The summed E-state index contributed by atoms with van der Waals surface area (Å²) in [5, 5.41) is 0.318. The van der Waals surface area contributed by atoms with Crippen molar-refractivity contribution in [2.24, 2.45) is 0 Å². The first-order chi connectivity index (χ1) is 6.07. The van der Waals surface area contributed by atoms with E-state index in [0.29, 0.717) is 20.0 Å². The van der Waals surface area contributed by atoms with Gasteiger partial charge in [0.2, 0.25) is 0 Å². The molecule has 0 saturated heterocycles. The number of hydrogen-bond donors (Lipinski definition) is 0. The van der Waals surface area contributed by atoms with Gasteiger partial charge in [0.05, 0.1) is 15.7 Å². The smallest absolute Gasteiger partial charge is 0.259 e. The molecule has 72 valence electrons. The topological polar surface area (TPSA) is 12.9 Å². The molecule has 0 aromatic carbocycles. The Morgan fingerprint density at radius 3 is 2.46 bits per heavy atom. The molecule has 0 aliphatic heterocycles. The predicted molar refractivity (Wildman–Crippen MR) is 57.2 cm³/mol. The SMILES string of the molecule is FC(F)c1c(CBr)ncc(Br)c1Br. The molecule has 6 heteroatoms. The van der Waals surface area contributed by atoms with Crippen molar-refractivity contribution < 1.29 is 8.78 Å². The summed E-state index contributed by atoms with van der Waals surface area (Å²) in [7, 11) is 0. The van der Waals surface area contributed by atoms with Gasteiger partial charge in [0, 0.05) is 16.0 Å². The average molecular weight is 380 g/mol. The number of alkyl halides is 3. The number of halogens is 5. The zero-order valence-electron chi connectivity index (χ0n) is 6.20. The van der Waals surface area contributed by atoms with Crippen molar-refractivity contribution >= 4 is 47.8 Å². The Bertz CT molecular complexity index is 317. The summed E-state index contributed by atoms with van der Waals surface area (Å²) in [5.41, 5.74) is 0.288. The zero-order chi connectivity index (χ0) is 10.0. The average Bonchev–Trinajstić information content (AvgIpc) is 2.08. The van der Waals surface area contributed by atoms with Gasteiger partial charge < -0.3 is 0 Å². The molecule has 1 aromatic heterocycles. The van der Waals surface area contributed by atoms with Crippen LogP contribution in [0.4, 0.5) is 8.78 Å². The maximum atomic E-state index is 12.5. The van der Waals surface area contributed by atoms with Gasteiger partial charge in [0.15, 0.2) is 0 Å². The number of aromatic nitrogens is 1. The van der Waals surface area contributed by atoms with Crippen LogP contribution in [0.5, 0.6) is 0 Å². The molecule has 0 N–H and O–H groups in total. The summed E-state index contributed by atoms with van der Waals surface area (Å²) in [6.07, 6.45) is -1.03. The molecule has 1 nitrogen and oxygen atoms in total. The normalized spacial score (nSPS) is 10.9. The molecule has 1 aromatic rings. The van der Waals surface area contributed by atoms with Crippen LogP contribution in [0.15, 0.2) is 15.1 Å². The van der Waals surface area contributed by atoms with E-state index in [9.17, 15) is 8.78 Å². The molecule has 0 aliphatic carbocycles. The lowest BCUT2D eigenvalue weighted by atomic mass is 10.2. The highest BCUT2D eigenvalue weighted by molar-refractivity contribution is 9.13. The third-order valence-electron chi connectivity index (χ3n) is 1.44. The van der Waals surface area contributed by atoms with Crippen LogP contribution in [-0.2, 0) is 5.33 Å². The first kappa shape index (κ1) is 11.5. The van der Waals surface area contributed by atoms with E-state index in [4.69, 9.17) is 0 Å². The molecule has 0 aliphatic rings. The van der Waals surface area contributed by atoms with Crippen molar-refractivity contribution in [1.82, 2.24) is 4.98 Å². The van der Waals surface area contributed by atoms with Crippen LogP contribution in [-0.4, -0.2) is 4.98 Å². The van der Waals surface area contributed by atoms with Crippen molar-refractivity contribution in [1.29, 1.82) is 0 Å². The molecular formula is C7H4Br3F2N. The Balaban J connectivity index is 3.32. The standard InChI is InChI=1S/C7H4Br3F2N/c8-1-4-5(7(11)12)6(10)3(9)2-13-4/h2,7H,1H2. The van der Waals surface area contributed by atoms with Gasteiger partial charge in [-0.05, 0) is 31.9 Å². The number of hydrogen-bond acceptors (Lipinski definition) is 1. The van der Waals surface area contributed by atoms with Crippen molar-refractivity contribution in [2.75, 3.05) is 0 Å².